The molecule has 0 aliphatic carbocycles. The van der Waals surface area contributed by atoms with Crippen LogP contribution in [0.15, 0.2) is 35.3 Å². The normalized spacial score (nSPS) is 18.9. The fourth-order valence-corrected chi connectivity index (χ4v) is 2.40. The Hall–Kier alpha value is -1.79. The largest absolute Gasteiger partial charge is 0.379 e. The van der Waals surface area contributed by atoms with Crippen molar-refractivity contribution < 1.29 is 10.0 Å². The minimum absolute atomic E-state index is 0.119. The molecule has 0 saturated carbocycles. The second kappa shape index (κ2) is 5.70. The van der Waals surface area contributed by atoms with E-state index in [1.807, 2.05) is 24.3 Å². The molecule has 0 aromatic heterocycles. The van der Waals surface area contributed by atoms with Crippen LogP contribution in [-0.2, 0) is 4.79 Å². The highest BCUT2D eigenvalue weighted by atomic mass is 32.2. The van der Waals surface area contributed by atoms with Crippen LogP contribution in [0.25, 0.3) is 6.08 Å². The van der Waals surface area contributed by atoms with E-state index >= 15 is 0 Å². The zero-order valence-corrected chi connectivity index (χ0v) is 10.4. The molecule has 0 bridgehead atoms. The Morgan fingerprint density at radius 1 is 1.50 bits per heavy atom. The van der Waals surface area contributed by atoms with Crippen molar-refractivity contribution in [2.24, 2.45) is 10.7 Å². The first-order valence-electron chi connectivity index (χ1n) is 5.37. The lowest BCUT2D eigenvalue weighted by Gasteiger charge is -2.05. The van der Waals surface area contributed by atoms with Gasteiger partial charge in [0.2, 0.25) is 0 Å². The fourth-order valence-electron chi connectivity index (χ4n) is 1.60. The van der Waals surface area contributed by atoms with Gasteiger partial charge in [-0.15, -0.1) is 0 Å². The van der Waals surface area contributed by atoms with Crippen LogP contribution >= 0.6 is 11.8 Å². The number of nitrogens with zero attached hydrogens (tertiary/aromatic N) is 1. The standard InChI is InChI=1S/C12H13N3O2S/c13-12-14-10(7-18-12)9-4-1-8(2-5-9)3-6-11(16)15-17/h1-6,10,17H,7H2,(H2,13,14)(H,15,16)/b6-3+. The van der Waals surface area contributed by atoms with Gasteiger partial charge in [-0.1, -0.05) is 36.0 Å². The summed E-state index contributed by atoms with van der Waals surface area (Å²) in [6.07, 6.45) is 2.88. The number of nitrogens with one attached hydrogen (secondary N) is 1. The van der Waals surface area contributed by atoms with Crippen LogP contribution in [0.1, 0.15) is 17.2 Å². The molecule has 1 aliphatic rings. The third-order valence-electron chi connectivity index (χ3n) is 2.53. The molecule has 1 heterocycles. The van der Waals surface area contributed by atoms with E-state index in [1.54, 1.807) is 17.8 Å². The van der Waals surface area contributed by atoms with E-state index in [-0.39, 0.29) is 6.04 Å². The number of hydroxylamine groups is 1. The van der Waals surface area contributed by atoms with Gasteiger partial charge in [0.1, 0.15) is 0 Å². The molecule has 6 heteroatoms. The summed E-state index contributed by atoms with van der Waals surface area (Å²) in [7, 11) is 0. The number of aliphatic imine (C=N–C) groups is 1. The number of carbonyl (C=O) groups is 1. The number of rotatable bonds is 3. The average molecular weight is 263 g/mol. The first-order chi connectivity index (χ1) is 8.69. The SMILES string of the molecule is NC1=NC(c2ccc(/C=C/C(=O)NO)cc2)CS1. The van der Waals surface area contributed by atoms with E-state index in [4.69, 9.17) is 10.9 Å². The van der Waals surface area contributed by atoms with Crippen molar-refractivity contribution in [3.8, 4) is 0 Å². The van der Waals surface area contributed by atoms with E-state index in [2.05, 4.69) is 4.99 Å². The van der Waals surface area contributed by atoms with Crippen LogP contribution in [0.4, 0.5) is 0 Å². The number of nitrogens with two attached hydrogens (primary N) is 1. The smallest absolute Gasteiger partial charge is 0.267 e. The molecule has 1 unspecified atom stereocenters. The van der Waals surface area contributed by atoms with E-state index < -0.39 is 5.91 Å². The van der Waals surface area contributed by atoms with Gasteiger partial charge in [-0.3, -0.25) is 15.0 Å². The van der Waals surface area contributed by atoms with Crippen molar-refractivity contribution in [3.05, 3.63) is 41.5 Å². The molecule has 1 amide bonds. The number of hydrogen-bond donors (Lipinski definition) is 3. The molecule has 1 aromatic rings. The molecule has 0 spiro atoms. The molecule has 94 valence electrons. The molecular formula is C12H13N3O2S. The maximum Gasteiger partial charge on any atom is 0.267 e. The average Bonchev–Trinajstić information content (AvgIpc) is 2.83. The fraction of sp³-hybridized carbons (Fsp3) is 0.167. The lowest BCUT2D eigenvalue weighted by Crippen LogP contribution is -2.14. The monoisotopic (exact) mass is 263 g/mol. The molecule has 0 fully saturated rings. The van der Waals surface area contributed by atoms with E-state index in [9.17, 15) is 4.79 Å². The number of amides is 1. The molecule has 0 saturated heterocycles. The topological polar surface area (TPSA) is 87.7 Å². The van der Waals surface area contributed by atoms with Crippen molar-refractivity contribution in [1.82, 2.24) is 5.48 Å². The highest BCUT2D eigenvalue weighted by molar-refractivity contribution is 8.14. The molecular weight excluding hydrogens is 250 g/mol. The van der Waals surface area contributed by atoms with Crippen LogP contribution < -0.4 is 11.2 Å². The predicted molar refractivity (Wildman–Crippen MR) is 72.2 cm³/mol. The maximum atomic E-state index is 10.8. The second-order valence-corrected chi connectivity index (χ2v) is 4.81. The zero-order valence-electron chi connectivity index (χ0n) is 9.54. The summed E-state index contributed by atoms with van der Waals surface area (Å²) in [5, 5.41) is 8.97. The Labute approximate surface area is 109 Å². The van der Waals surface area contributed by atoms with Crippen molar-refractivity contribution in [3.63, 3.8) is 0 Å². The summed E-state index contributed by atoms with van der Waals surface area (Å²) in [5.74, 6) is 0.317. The predicted octanol–water partition coefficient (Wildman–Crippen LogP) is 1.31. The third kappa shape index (κ3) is 3.12. The molecule has 2 rings (SSSR count). The summed E-state index contributed by atoms with van der Waals surface area (Å²) in [6, 6.07) is 7.83. The van der Waals surface area contributed by atoms with Gasteiger partial charge < -0.3 is 5.73 Å². The molecule has 4 N–H and O–H groups in total. The lowest BCUT2D eigenvalue weighted by molar-refractivity contribution is -0.124. The van der Waals surface area contributed by atoms with Crippen molar-refractivity contribution in [2.75, 3.05) is 5.75 Å². The van der Waals surface area contributed by atoms with Crippen LogP contribution in [0.3, 0.4) is 0 Å². The summed E-state index contributed by atoms with van der Waals surface area (Å²) >= 11 is 1.55. The van der Waals surface area contributed by atoms with Gasteiger partial charge in [-0.05, 0) is 17.2 Å². The maximum absolute atomic E-state index is 10.8. The summed E-state index contributed by atoms with van der Waals surface area (Å²) in [5.41, 5.74) is 9.14. The molecule has 1 aromatic carbocycles. The molecule has 1 atom stereocenters. The summed E-state index contributed by atoms with van der Waals surface area (Å²) in [4.78, 5) is 15.1. The number of hydrogen-bond acceptors (Lipinski definition) is 5. The minimum atomic E-state index is -0.552. The Morgan fingerprint density at radius 3 is 2.78 bits per heavy atom. The number of thioether (sulfide) groups is 1. The Balaban J connectivity index is 2.06. The van der Waals surface area contributed by atoms with Gasteiger partial charge in [0.25, 0.3) is 5.91 Å². The van der Waals surface area contributed by atoms with Gasteiger partial charge in [0, 0.05) is 11.8 Å². The van der Waals surface area contributed by atoms with Crippen molar-refractivity contribution >= 4 is 28.9 Å². The highest BCUT2D eigenvalue weighted by Crippen LogP contribution is 2.28. The minimum Gasteiger partial charge on any atom is -0.379 e. The van der Waals surface area contributed by atoms with Crippen LogP contribution in [-0.4, -0.2) is 22.0 Å². The van der Waals surface area contributed by atoms with E-state index in [1.165, 1.54) is 11.6 Å². The van der Waals surface area contributed by atoms with Crippen LogP contribution in [0.2, 0.25) is 0 Å². The Bertz CT molecular complexity index is 497. The van der Waals surface area contributed by atoms with Crippen LogP contribution in [0.5, 0.6) is 0 Å². The van der Waals surface area contributed by atoms with Gasteiger partial charge >= 0.3 is 0 Å². The third-order valence-corrected chi connectivity index (χ3v) is 3.41. The van der Waals surface area contributed by atoms with Crippen molar-refractivity contribution in [1.29, 1.82) is 0 Å². The van der Waals surface area contributed by atoms with Gasteiger partial charge in [-0.25, -0.2) is 5.48 Å². The molecule has 18 heavy (non-hydrogen) atoms. The Morgan fingerprint density at radius 2 is 2.22 bits per heavy atom. The van der Waals surface area contributed by atoms with Gasteiger partial charge in [0.05, 0.1) is 6.04 Å². The van der Waals surface area contributed by atoms with Crippen LogP contribution in [0, 0.1) is 0 Å². The van der Waals surface area contributed by atoms with Crippen molar-refractivity contribution in [2.45, 2.75) is 6.04 Å². The zero-order chi connectivity index (χ0) is 13.0. The van der Waals surface area contributed by atoms with E-state index in [0.717, 1.165) is 16.9 Å². The van der Waals surface area contributed by atoms with Gasteiger partial charge in [-0.2, -0.15) is 0 Å². The van der Waals surface area contributed by atoms with E-state index in [0.29, 0.717) is 5.17 Å². The molecule has 0 radical (unpaired) electrons. The van der Waals surface area contributed by atoms with Gasteiger partial charge in [0.15, 0.2) is 5.17 Å². The Kier molecular flexibility index (Phi) is 4.01. The molecule has 1 aliphatic heterocycles. The number of benzene rings is 1. The summed E-state index contributed by atoms with van der Waals surface area (Å²) < 4.78 is 0. The first kappa shape index (κ1) is 12.7. The quantitative estimate of drug-likeness (QED) is 0.436. The first-order valence-corrected chi connectivity index (χ1v) is 6.36. The lowest BCUT2D eigenvalue weighted by atomic mass is 10.1. The number of carbonyl (C=O) groups excluding carboxylic acids is 1. The highest BCUT2D eigenvalue weighted by Gasteiger charge is 2.17. The summed E-state index contributed by atoms with van der Waals surface area (Å²) in [6.45, 7) is 0. The number of amidine groups is 1. The molecule has 5 nitrogen and oxygen atoms in total. The second-order valence-electron chi connectivity index (χ2n) is 3.77.